The largest absolute Gasteiger partial charge is 0.494 e. The lowest BCUT2D eigenvalue weighted by molar-refractivity contribution is -0.130. The zero-order valence-corrected chi connectivity index (χ0v) is 17.5. The van der Waals surface area contributed by atoms with Gasteiger partial charge in [-0.05, 0) is 75.4 Å². The summed E-state index contributed by atoms with van der Waals surface area (Å²) in [5.41, 5.74) is 1.58. The van der Waals surface area contributed by atoms with Crippen LogP contribution in [-0.4, -0.2) is 29.1 Å². The van der Waals surface area contributed by atoms with Gasteiger partial charge < -0.3 is 10.1 Å². The van der Waals surface area contributed by atoms with Gasteiger partial charge in [0.25, 0.3) is 0 Å². The monoisotopic (exact) mass is 419 g/mol. The molecule has 0 radical (unpaired) electrons. The van der Waals surface area contributed by atoms with Gasteiger partial charge in [-0.3, -0.25) is 15.1 Å². The van der Waals surface area contributed by atoms with Crippen LogP contribution in [0.4, 0.5) is 4.39 Å². The molecule has 7 heteroatoms. The highest BCUT2D eigenvalue weighted by molar-refractivity contribution is 5.87. The number of piperidine rings is 1. The zero-order valence-electron chi connectivity index (χ0n) is 16.7. The van der Waals surface area contributed by atoms with Crippen LogP contribution < -0.4 is 15.4 Å². The molecule has 1 amide bonds. The maximum Gasteiger partial charge on any atom is 0.240 e. The van der Waals surface area contributed by atoms with Crippen molar-refractivity contribution in [1.29, 1.82) is 0 Å². The van der Waals surface area contributed by atoms with Crippen molar-refractivity contribution in [3.63, 3.8) is 0 Å². The first-order valence-electron chi connectivity index (χ1n) is 9.98. The van der Waals surface area contributed by atoms with Crippen molar-refractivity contribution >= 4 is 18.3 Å². The Labute approximate surface area is 176 Å². The molecule has 3 atom stereocenters. The third-order valence-corrected chi connectivity index (χ3v) is 5.82. The van der Waals surface area contributed by atoms with Crippen molar-refractivity contribution < 1.29 is 13.9 Å². The molecule has 1 aromatic carbocycles. The molecule has 4 rings (SSSR count). The minimum atomic E-state index is -0.505. The molecular weight excluding hydrogens is 393 g/mol. The van der Waals surface area contributed by atoms with E-state index in [2.05, 4.69) is 15.6 Å². The Kier molecular flexibility index (Phi) is 6.44. The Morgan fingerprint density at radius 1 is 1.24 bits per heavy atom. The van der Waals surface area contributed by atoms with Crippen LogP contribution in [0.5, 0.6) is 5.75 Å². The summed E-state index contributed by atoms with van der Waals surface area (Å²) >= 11 is 0. The van der Waals surface area contributed by atoms with Crippen molar-refractivity contribution in [2.45, 2.75) is 57.2 Å². The number of ether oxygens (including phenoxy) is 1. The summed E-state index contributed by atoms with van der Waals surface area (Å²) in [5, 5.41) is 6.59. The fourth-order valence-corrected chi connectivity index (χ4v) is 4.27. The third-order valence-electron chi connectivity index (χ3n) is 5.82. The number of benzene rings is 1. The number of carbonyl (C=O) groups is 1. The second-order valence-electron chi connectivity index (χ2n) is 7.77. The first-order valence-corrected chi connectivity index (χ1v) is 9.98. The summed E-state index contributed by atoms with van der Waals surface area (Å²) in [5.74, 6) is 0.431. The lowest BCUT2D eigenvalue weighted by atomic mass is 9.85. The number of aromatic nitrogens is 1. The lowest BCUT2D eigenvalue weighted by Crippen LogP contribution is -2.59. The van der Waals surface area contributed by atoms with E-state index in [4.69, 9.17) is 4.74 Å². The van der Waals surface area contributed by atoms with Crippen LogP contribution in [-0.2, 0) is 4.79 Å². The van der Waals surface area contributed by atoms with E-state index < -0.39 is 5.54 Å². The number of pyridine rings is 1. The van der Waals surface area contributed by atoms with E-state index in [-0.39, 0.29) is 36.2 Å². The Morgan fingerprint density at radius 2 is 2.03 bits per heavy atom. The molecule has 0 saturated carbocycles. The third kappa shape index (κ3) is 4.23. The number of hydrogen-bond acceptors (Lipinski definition) is 4. The van der Waals surface area contributed by atoms with Gasteiger partial charge in [0, 0.05) is 17.8 Å². The van der Waals surface area contributed by atoms with Crippen LogP contribution in [0.2, 0.25) is 0 Å². The summed E-state index contributed by atoms with van der Waals surface area (Å²) in [7, 11) is 0. The Balaban J connectivity index is 0.00000240. The van der Waals surface area contributed by atoms with E-state index >= 15 is 0 Å². The summed E-state index contributed by atoms with van der Waals surface area (Å²) in [6.07, 6.45) is 5.12. The van der Waals surface area contributed by atoms with E-state index in [1.807, 2.05) is 19.9 Å². The average molecular weight is 420 g/mol. The lowest BCUT2D eigenvalue weighted by Gasteiger charge is -2.36. The highest BCUT2D eigenvalue weighted by Crippen LogP contribution is 2.38. The van der Waals surface area contributed by atoms with Crippen molar-refractivity contribution in [3.05, 3.63) is 48.0 Å². The SMILES string of the molecule is CCOc1ccc(F)c(-c2ccnc([C@H]3CC[C@@]4(CC[C@H](C)NC4=O)N3)c2)c1.Cl. The van der Waals surface area contributed by atoms with Crippen LogP contribution in [0.15, 0.2) is 36.5 Å². The van der Waals surface area contributed by atoms with Crippen molar-refractivity contribution in [2.75, 3.05) is 6.61 Å². The summed E-state index contributed by atoms with van der Waals surface area (Å²) < 4.78 is 19.9. The van der Waals surface area contributed by atoms with Crippen molar-refractivity contribution in [1.82, 2.24) is 15.6 Å². The second kappa shape index (κ2) is 8.67. The molecule has 1 aromatic heterocycles. The molecule has 156 valence electrons. The Hall–Kier alpha value is -2.18. The molecule has 1 spiro atoms. The van der Waals surface area contributed by atoms with E-state index in [0.29, 0.717) is 17.9 Å². The molecule has 0 bridgehead atoms. The molecular formula is C22H27ClFN3O2. The van der Waals surface area contributed by atoms with Gasteiger partial charge in [-0.1, -0.05) is 0 Å². The Morgan fingerprint density at radius 3 is 2.79 bits per heavy atom. The van der Waals surface area contributed by atoms with Crippen LogP contribution in [0.1, 0.15) is 51.3 Å². The average Bonchev–Trinajstić information content (AvgIpc) is 3.13. The quantitative estimate of drug-likeness (QED) is 0.780. The predicted molar refractivity (Wildman–Crippen MR) is 113 cm³/mol. The second-order valence-corrected chi connectivity index (χ2v) is 7.77. The molecule has 29 heavy (non-hydrogen) atoms. The van der Waals surface area contributed by atoms with Gasteiger partial charge in [0.15, 0.2) is 0 Å². The number of carbonyl (C=O) groups excluding carboxylic acids is 1. The van der Waals surface area contributed by atoms with Crippen LogP contribution in [0, 0.1) is 5.82 Å². The molecule has 0 unspecified atom stereocenters. The van der Waals surface area contributed by atoms with E-state index in [1.165, 1.54) is 6.07 Å². The minimum Gasteiger partial charge on any atom is -0.494 e. The maximum absolute atomic E-state index is 14.4. The van der Waals surface area contributed by atoms with Crippen LogP contribution in [0.25, 0.3) is 11.1 Å². The first-order chi connectivity index (χ1) is 13.5. The van der Waals surface area contributed by atoms with Gasteiger partial charge in [-0.15, -0.1) is 12.4 Å². The number of hydrogen-bond donors (Lipinski definition) is 2. The fraction of sp³-hybridized carbons (Fsp3) is 0.455. The van der Waals surface area contributed by atoms with Gasteiger partial charge in [0.2, 0.25) is 5.91 Å². The smallest absolute Gasteiger partial charge is 0.240 e. The number of nitrogens with zero attached hydrogens (tertiary/aromatic N) is 1. The molecule has 2 aliphatic heterocycles. The Bertz CT molecular complexity index is 894. The van der Waals surface area contributed by atoms with Crippen molar-refractivity contribution in [2.24, 2.45) is 0 Å². The van der Waals surface area contributed by atoms with Gasteiger partial charge in [0.05, 0.1) is 23.9 Å². The molecule has 0 aliphatic carbocycles. The number of rotatable bonds is 4. The topological polar surface area (TPSA) is 63.2 Å². The van der Waals surface area contributed by atoms with Gasteiger partial charge in [-0.2, -0.15) is 0 Å². The zero-order chi connectivity index (χ0) is 19.7. The first kappa shape index (κ1) is 21.5. The molecule has 2 saturated heterocycles. The normalized spacial score (nSPS) is 26.1. The number of halogens is 2. The van der Waals surface area contributed by atoms with E-state index in [1.54, 1.807) is 24.4 Å². The van der Waals surface area contributed by atoms with Crippen LogP contribution >= 0.6 is 12.4 Å². The maximum atomic E-state index is 14.4. The summed E-state index contributed by atoms with van der Waals surface area (Å²) in [6.45, 7) is 4.46. The summed E-state index contributed by atoms with van der Waals surface area (Å²) in [4.78, 5) is 17.1. The molecule has 2 fully saturated rings. The van der Waals surface area contributed by atoms with Crippen molar-refractivity contribution in [3.8, 4) is 16.9 Å². The molecule has 5 nitrogen and oxygen atoms in total. The van der Waals surface area contributed by atoms with Gasteiger partial charge in [0.1, 0.15) is 11.6 Å². The fourth-order valence-electron chi connectivity index (χ4n) is 4.27. The number of amides is 1. The number of nitrogens with one attached hydrogen (secondary N) is 2. The minimum absolute atomic E-state index is 0. The van der Waals surface area contributed by atoms with Gasteiger partial charge >= 0.3 is 0 Å². The van der Waals surface area contributed by atoms with Crippen LogP contribution in [0.3, 0.4) is 0 Å². The molecule has 2 aliphatic rings. The highest BCUT2D eigenvalue weighted by Gasteiger charge is 2.47. The molecule has 2 N–H and O–H groups in total. The highest BCUT2D eigenvalue weighted by atomic mass is 35.5. The standard InChI is InChI=1S/C22H26FN3O2.ClH/c1-3-28-16-4-5-18(23)17(13-16)15-8-11-24-20(12-15)19-7-10-22(26-19)9-6-14(2)25-21(22)27;/h4-5,8,11-14,19,26H,3,6-7,9-10H2,1-2H3,(H,25,27);1H/t14-,19+,22+;/m0./s1. The van der Waals surface area contributed by atoms with E-state index in [0.717, 1.165) is 36.9 Å². The molecule has 3 heterocycles. The van der Waals surface area contributed by atoms with E-state index in [9.17, 15) is 9.18 Å². The summed E-state index contributed by atoms with van der Waals surface area (Å²) in [6, 6.07) is 8.70. The van der Waals surface area contributed by atoms with Gasteiger partial charge in [-0.25, -0.2) is 4.39 Å². The molecule has 2 aromatic rings. The predicted octanol–water partition coefficient (Wildman–Crippen LogP) is 4.17.